The van der Waals surface area contributed by atoms with Gasteiger partial charge in [-0.3, -0.25) is 0 Å². The van der Waals surface area contributed by atoms with E-state index in [1.54, 1.807) is 0 Å². The average molecular weight is 292 g/mol. The molecule has 0 radical (unpaired) electrons. The van der Waals surface area contributed by atoms with Gasteiger partial charge in [0, 0.05) is 11.1 Å². The second-order valence-corrected chi connectivity index (χ2v) is 6.43. The van der Waals surface area contributed by atoms with Crippen LogP contribution in [0.2, 0.25) is 5.02 Å². The molecule has 1 aromatic heterocycles. The van der Waals surface area contributed by atoms with Gasteiger partial charge >= 0.3 is 0 Å². The SMILES string of the molecule is CCC1(c2nc3ccc(Cl)cc3n2C(C)C)CCCN1. The summed E-state index contributed by atoms with van der Waals surface area (Å²) in [5.74, 6) is 1.17. The molecule has 108 valence electrons. The summed E-state index contributed by atoms with van der Waals surface area (Å²) in [6, 6.07) is 6.36. The number of halogens is 1. The molecular formula is C16H22ClN3. The van der Waals surface area contributed by atoms with Crippen molar-refractivity contribution in [2.75, 3.05) is 6.54 Å². The number of hydrogen-bond donors (Lipinski definition) is 1. The lowest BCUT2D eigenvalue weighted by Crippen LogP contribution is -2.39. The highest BCUT2D eigenvalue weighted by molar-refractivity contribution is 6.31. The highest BCUT2D eigenvalue weighted by atomic mass is 35.5. The lowest BCUT2D eigenvalue weighted by atomic mass is 9.93. The number of aromatic nitrogens is 2. The summed E-state index contributed by atoms with van der Waals surface area (Å²) in [5.41, 5.74) is 2.21. The van der Waals surface area contributed by atoms with Gasteiger partial charge in [0.2, 0.25) is 0 Å². The fourth-order valence-electron chi connectivity index (χ4n) is 3.38. The highest BCUT2D eigenvalue weighted by Crippen LogP contribution is 2.37. The first kappa shape index (κ1) is 13.9. The van der Waals surface area contributed by atoms with Crippen LogP contribution < -0.4 is 5.32 Å². The Morgan fingerprint density at radius 1 is 1.45 bits per heavy atom. The van der Waals surface area contributed by atoms with Gasteiger partial charge in [-0.1, -0.05) is 18.5 Å². The molecule has 20 heavy (non-hydrogen) atoms. The number of imidazole rings is 1. The van der Waals surface area contributed by atoms with Crippen LogP contribution in [0.3, 0.4) is 0 Å². The Hall–Kier alpha value is -1.06. The van der Waals surface area contributed by atoms with Gasteiger partial charge in [-0.05, 0) is 57.9 Å². The zero-order valence-corrected chi connectivity index (χ0v) is 13.2. The summed E-state index contributed by atoms with van der Waals surface area (Å²) in [6.45, 7) is 7.75. The molecule has 0 aliphatic carbocycles. The molecule has 1 fully saturated rings. The van der Waals surface area contributed by atoms with E-state index in [4.69, 9.17) is 16.6 Å². The van der Waals surface area contributed by atoms with Gasteiger partial charge in [-0.25, -0.2) is 4.98 Å². The number of benzene rings is 1. The van der Waals surface area contributed by atoms with Crippen molar-refractivity contribution >= 4 is 22.6 Å². The Kier molecular flexibility index (Phi) is 3.51. The van der Waals surface area contributed by atoms with E-state index in [9.17, 15) is 0 Å². The van der Waals surface area contributed by atoms with Gasteiger partial charge in [0.15, 0.2) is 0 Å². The number of hydrogen-bond acceptors (Lipinski definition) is 2. The maximum Gasteiger partial charge on any atom is 0.130 e. The molecule has 1 atom stereocenters. The third kappa shape index (κ3) is 2.04. The van der Waals surface area contributed by atoms with Crippen LogP contribution in [0.4, 0.5) is 0 Å². The molecule has 0 amide bonds. The fourth-order valence-corrected chi connectivity index (χ4v) is 3.55. The van der Waals surface area contributed by atoms with Crippen LogP contribution in [-0.2, 0) is 5.54 Å². The van der Waals surface area contributed by atoms with Gasteiger partial charge in [-0.15, -0.1) is 0 Å². The third-order valence-corrected chi connectivity index (χ3v) is 4.68. The second-order valence-electron chi connectivity index (χ2n) is 6.00. The van der Waals surface area contributed by atoms with Gasteiger partial charge in [0.1, 0.15) is 5.82 Å². The van der Waals surface area contributed by atoms with E-state index in [-0.39, 0.29) is 5.54 Å². The Bertz CT molecular complexity index is 624. The van der Waals surface area contributed by atoms with Gasteiger partial charge < -0.3 is 9.88 Å². The van der Waals surface area contributed by atoms with Crippen LogP contribution in [0.1, 0.15) is 51.9 Å². The normalized spacial score (nSPS) is 23.1. The fraction of sp³-hybridized carbons (Fsp3) is 0.562. The zero-order valence-electron chi connectivity index (χ0n) is 12.4. The van der Waals surface area contributed by atoms with E-state index in [1.807, 2.05) is 18.2 Å². The molecule has 1 unspecified atom stereocenters. The van der Waals surface area contributed by atoms with Crippen molar-refractivity contribution < 1.29 is 0 Å². The Labute approximate surface area is 125 Å². The molecule has 4 heteroatoms. The number of nitrogens with zero attached hydrogens (tertiary/aromatic N) is 2. The predicted octanol–water partition coefficient (Wildman–Crippen LogP) is 4.26. The van der Waals surface area contributed by atoms with Gasteiger partial charge in [-0.2, -0.15) is 0 Å². The molecule has 0 spiro atoms. The Balaban J connectivity index is 2.26. The summed E-state index contributed by atoms with van der Waals surface area (Å²) >= 11 is 6.18. The van der Waals surface area contributed by atoms with Gasteiger partial charge in [0.05, 0.1) is 16.6 Å². The van der Waals surface area contributed by atoms with E-state index >= 15 is 0 Å². The molecule has 2 heterocycles. The lowest BCUT2D eigenvalue weighted by molar-refractivity contribution is 0.332. The summed E-state index contributed by atoms with van der Waals surface area (Å²) in [6.07, 6.45) is 3.44. The maximum absolute atomic E-state index is 6.18. The van der Waals surface area contributed by atoms with Crippen LogP contribution in [0.15, 0.2) is 18.2 Å². The summed E-state index contributed by atoms with van der Waals surface area (Å²) in [7, 11) is 0. The molecule has 1 saturated heterocycles. The molecule has 3 nitrogen and oxygen atoms in total. The molecule has 0 saturated carbocycles. The van der Waals surface area contributed by atoms with E-state index in [0.717, 1.165) is 35.4 Å². The minimum Gasteiger partial charge on any atom is -0.324 e. The second kappa shape index (κ2) is 5.05. The van der Waals surface area contributed by atoms with E-state index in [1.165, 1.54) is 12.2 Å². The monoisotopic (exact) mass is 291 g/mol. The smallest absolute Gasteiger partial charge is 0.130 e. The first-order chi connectivity index (χ1) is 9.57. The van der Waals surface area contributed by atoms with Crippen molar-refractivity contribution in [3.8, 4) is 0 Å². The van der Waals surface area contributed by atoms with Crippen LogP contribution in [0, 0.1) is 0 Å². The molecule has 1 N–H and O–H groups in total. The largest absolute Gasteiger partial charge is 0.324 e. The summed E-state index contributed by atoms with van der Waals surface area (Å²) in [5, 5.41) is 4.46. The number of fused-ring (bicyclic) bond motifs is 1. The van der Waals surface area contributed by atoms with Crippen molar-refractivity contribution in [1.82, 2.24) is 14.9 Å². The number of rotatable bonds is 3. The molecule has 1 aliphatic rings. The minimum absolute atomic E-state index is 0.0236. The van der Waals surface area contributed by atoms with Crippen molar-refractivity contribution in [3.63, 3.8) is 0 Å². The average Bonchev–Trinajstić information content (AvgIpc) is 3.02. The van der Waals surface area contributed by atoms with Crippen molar-refractivity contribution in [2.45, 2.75) is 51.6 Å². The topological polar surface area (TPSA) is 29.9 Å². The molecule has 1 aromatic carbocycles. The first-order valence-electron chi connectivity index (χ1n) is 7.50. The standard InChI is InChI=1S/C16H22ClN3/c1-4-16(8-5-9-18-16)15-19-13-7-6-12(17)10-14(13)20(15)11(2)3/h6-7,10-11,18H,4-5,8-9H2,1-3H3. The van der Waals surface area contributed by atoms with E-state index in [2.05, 4.69) is 30.7 Å². The summed E-state index contributed by atoms with van der Waals surface area (Å²) < 4.78 is 2.35. The first-order valence-corrected chi connectivity index (χ1v) is 7.88. The molecular weight excluding hydrogens is 270 g/mol. The Morgan fingerprint density at radius 2 is 2.25 bits per heavy atom. The maximum atomic E-state index is 6.18. The number of nitrogens with one attached hydrogen (secondary N) is 1. The zero-order chi connectivity index (χ0) is 14.3. The molecule has 2 aromatic rings. The van der Waals surface area contributed by atoms with Crippen molar-refractivity contribution in [1.29, 1.82) is 0 Å². The molecule has 1 aliphatic heterocycles. The molecule has 0 bridgehead atoms. The quantitative estimate of drug-likeness (QED) is 0.916. The van der Waals surface area contributed by atoms with Crippen LogP contribution in [-0.4, -0.2) is 16.1 Å². The van der Waals surface area contributed by atoms with Crippen LogP contribution in [0.5, 0.6) is 0 Å². The molecule has 3 rings (SSSR count). The summed E-state index contributed by atoms with van der Waals surface area (Å²) in [4.78, 5) is 4.94. The predicted molar refractivity (Wildman–Crippen MR) is 84.3 cm³/mol. The van der Waals surface area contributed by atoms with E-state index < -0.39 is 0 Å². The van der Waals surface area contributed by atoms with Gasteiger partial charge in [0.25, 0.3) is 0 Å². The Morgan fingerprint density at radius 3 is 2.85 bits per heavy atom. The highest BCUT2D eigenvalue weighted by Gasteiger charge is 2.38. The third-order valence-electron chi connectivity index (χ3n) is 4.44. The van der Waals surface area contributed by atoms with Crippen molar-refractivity contribution in [3.05, 3.63) is 29.0 Å². The minimum atomic E-state index is 0.0236. The van der Waals surface area contributed by atoms with E-state index in [0.29, 0.717) is 6.04 Å². The van der Waals surface area contributed by atoms with Crippen LogP contribution in [0.25, 0.3) is 11.0 Å². The van der Waals surface area contributed by atoms with Crippen molar-refractivity contribution in [2.24, 2.45) is 0 Å². The lowest BCUT2D eigenvalue weighted by Gasteiger charge is -2.29. The van der Waals surface area contributed by atoms with Crippen LogP contribution >= 0.6 is 11.6 Å².